The number of hydrogen-bond acceptors (Lipinski definition) is 6. The Morgan fingerprint density at radius 2 is 1.64 bits per heavy atom. The SMILES string of the molecule is CC.CC.CCS.Nc1ccc(-c2coc3ccnc(N)c23)cc1OCc1ccc(F)cc1. The maximum atomic E-state index is 13.0. The van der Waals surface area contributed by atoms with Crippen LogP contribution in [0.15, 0.2) is 65.4 Å². The van der Waals surface area contributed by atoms with E-state index in [1.807, 2.05) is 46.8 Å². The highest BCUT2D eigenvalue weighted by Gasteiger charge is 2.13. The van der Waals surface area contributed by atoms with Crippen molar-refractivity contribution in [2.45, 2.75) is 41.2 Å². The van der Waals surface area contributed by atoms with Gasteiger partial charge in [-0.3, -0.25) is 0 Å². The third-order valence-corrected chi connectivity index (χ3v) is 4.15. The standard InChI is InChI=1S/C20H16FN3O2.C2H6S.2C2H6/c21-14-4-1-12(2-5-14)10-25-18-9-13(3-6-16(18)22)15-11-26-17-7-8-24-20(23)19(15)17;1-2-3;2*1-2/h1-9,11H,10,22H2,(H2,23,24);3H,2H2,1H3;2*1-2H3. The van der Waals surface area contributed by atoms with Gasteiger partial charge < -0.3 is 20.6 Å². The predicted octanol–water partition coefficient (Wildman–Crippen LogP) is 7.37. The first-order valence-corrected chi connectivity index (χ1v) is 11.7. The molecule has 7 heteroatoms. The molecule has 0 amide bonds. The molecule has 4 N–H and O–H groups in total. The average molecular weight is 472 g/mol. The van der Waals surface area contributed by atoms with E-state index in [0.717, 1.165) is 27.8 Å². The van der Waals surface area contributed by atoms with Crippen LogP contribution < -0.4 is 16.2 Å². The molecular formula is C26H34FN3O2S. The molecule has 0 aliphatic heterocycles. The Balaban J connectivity index is 0.000000705. The van der Waals surface area contributed by atoms with Crippen LogP contribution in [0.4, 0.5) is 15.9 Å². The molecule has 0 unspecified atom stereocenters. The number of fused-ring (bicyclic) bond motifs is 1. The number of aromatic nitrogens is 1. The number of nitrogens with zero attached hydrogens (tertiary/aromatic N) is 1. The lowest BCUT2D eigenvalue weighted by molar-refractivity contribution is 0.308. The fraction of sp³-hybridized carbons (Fsp3) is 0.269. The topological polar surface area (TPSA) is 87.3 Å². The van der Waals surface area contributed by atoms with Gasteiger partial charge in [0.05, 0.1) is 17.3 Å². The molecule has 0 aliphatic rings. The van der Waals surface area contributed by atoms with Gasteiger partial charge in [0.2, 0.25) is 0 Å². The van der Waals surface area contributed by atoms with Gasteiger partial charge in [-0.1, -0.05) is 52.8 Å². The monoisotopic (exact) mass is 471 g/mol. The molecule has 0 radical (unpaired) electrons. The molecule has 2 heterocycles. The minimum atomic E-state index is -0.284. The summed E-state index contributed by atoms with van der Waals surface area (Å²) in [6, 6.07) is 13.4. The minimum Gasteiger partial charge on any atom is -0.487 e. The smallest absolute Gasteiger partial charge is 0.143 e. The quantitative estimate of drug-likeness (QED) is 0.214. The van der Waals surface area contributed by atoms with Crippen LogP contribution in [0.2, 0.25) is 0 Å². The summed E-state index contributed by atoms with van der Waals surface area (Å²) >= 11 is 3.79. The summed E-state index contributed by atoms with van der Waals surface area (Å²) in [5.74, 6) is 1.59. The van der Waals surface area contributed by atoms with Crippen molar-refractivity contribution >= 4 is 35.1 Å². The van der Waals surface area contributed by atoms with E-state index < -0.39 is 0 Å². The summed E-state index contributed by atoms with van der Waals surface area (Å²) < 4.78 is 24.4. The van der Waals surface area contributed by atoms with Crippen molar-refractivity contribution in [3.8, 4) is 16.9 Å². The van der Waals surface area contributed by atoms with E-state index in [4.69, 9.17) is 20.6 Å². The van der Waals surface area contributed by atoms with Crippen molar-refractivity contribution < 1.29 is 13.5 Å². The third kappa shape index (κ3) is 7.71. The molecule has 4 rings (SSSR count). The average Bonchev–Trinajstić information content (AvgIpc) is 3.28. The lowest BCUT2D eigenvalue weighted by Crippen LogP contribution is -1.99. The Labute approximate surface area is 201 Å². The highest BCUT2D eigenvalue weighted by molar-refractivity contribution is 7.80. The normalized spacial score (nSPS) is 9.55. The van der Waals surface area contributed by atoms with Crippen LogP contribution in [0.5, 0.6) is 5.75 Å². The Kier molecular flexibility index (Phi) is 12.5. The number of anilines is 2. The summed E-state index contributed by atoms with van der Waals surface area (Å²) in [5, 5.41) is 0.752. The number of nitrogen functional groups attached to an aromatic ring is 2. The van der Waals surface area contributed by atoms with E-state index in [1.165, 1.54) is 12.1 Å². The molecule has 4 aromatic rings. The van der Waals surface area contributed by atoms with Crippen LogP contribution in [-0.4, -0.2) is 10.7 Å². The highest BCUT2D eigenvalue weighted by atomic mass is 32.1. The van der Waals surface area contributed by atoms with Crippen molar-refractivity contribution in [2.24, 2.45) is 0 Å². The third-order valence-electron chi connectivity index (χ3n) is 4.15. The number of nitrogens with two attached hydrogens (primary N) is 2. The number of thiol groups is 1. The zero-order valence-corrected chi connectivity index (χ0v) is 20.8. The largest absolute Gasteiger partial charge is 0.487 e. The zero-order chi connectivity index (χ0) is 24.8. The molecule has 0 aliphatic carbocycles. The second kappa shape index (κ2) is 14.8. The Bertz CT molecular complexity index is 1100. The number of rotatable bonds is 4. The van der Waals surface area contributed by atoms with Gasteiger partial charge in [-0.25, -0.2) is 9.37 Å². The number of ether oxygens (including phenoxy) is 1. The predicted molar refractivity (Wildman–Crippen MR) is 141 cm³/mol. The lowest BCUT2D eigenvalue weighted by atomic mass is 10.0. The molecular weight excluding hydrogens is 437 g/mol. The van der Waals surface area contributed by atoms with Crippen molar-refractivity contribution in [3.05, 3.63) is 72.4 Å². The van der Waals surface area contributed by atoms with Gasteiger partial charge in [0.15, 0.2) is 0 Å². The first-order chi connectivity index (χ1) is 16.0. The molecule has 2 aromatic carbocycles. The Hall–Kier alpha value is -3.19. The summed E-state index contributed by atoms with van der Waals surface area (Å²) in [6.45, 7) is 10.3. The van der Waals surface area contributed by atoms with E-state index in [0.29, 0.717) is 22.8 Å². The van der Waals surface area contributed by atoms with Crippen molar-refractivity contribution in [1.29, 1.82) is 0 Å². The van der Waals surface area contributed by atoms with Gasteiger partial charge in [0.25, 0.3) is 0 Å². The van der Waals surface area contributed by atoms with Crippen LogP contribution in [0, 0.1) is 5.82 Å². The first kappa shape index (κ1) is 27.8. The summed E-state index contributed by atoms with van der Waals surface area (Å²) in [5.41, 5.74) is 15.7. The van der Waals surface area contributed by atoms with E-state index >= 15 is 0 Å². The van der Waals surface area contributed by atoms with Crippen molar-refractivity contribution in [3.63, 3.8) is 0 Å². The number of benzene rings is 2. The summed E-state index contributed by atoms with van der Waals surface area (Å²) in [7, 11) is 0. The van der Waals surface area contributed by atoms with Gasteiger partial charge in [0, 0.05) is 11.8 Å². The van der Waals surface area contributed by atoms with E-state index in [2.05, 4.69) is 17.6 Å². The van der Waals surface area contributed by atoms with Crippen LogP contribution in [-0.2, 0) is 6.61 Å². The summed E-state index contributed by atoms with van der Waals surface area (Å²) in [4.78, 5) is 4.12. The van der Waals surface area contributed by atoms with Crippen LogP contribution in [0.1, 0.15) is 40.2 Å². The minimum absolute atomic E-state index is 0.282. The molecule has 0 saturated carbocycles. The number of pyridine rings is 1. The number of hydrogen-bond donors (Lipinski definition) is 3. The molecule has 5 nitrogen and oxygen atoms in total. The molecule has 0 bridgehead atoms. The second-order valence-corrected chi connectivity index (χ2v) is 6.84. The van der Waals surface area contributed by atoms with Crippen molar-refractivity contribution in [1.82, 2.24) is 4.98 Å². The molecule has 178 valence electrons. The van der Waals surface area contributed by atoms with Crippen LogP contribution >= 0.6 is 12.6 Å². The Morgan fingerprint density at radius 3 is 2.27 bits per heavy atom. The first-order valence-electron chi connectivity index (χ1n) is 11.0. The number of halogens is 1. The molecule has 0 atom stereocenters. The fourth-order valence-electron chi connectivity index (χ4n) is 2.79. The van der Waals surface area contributed by atoms with Gasteiger partial charge in [-0.15, -0.1) is 0 Å². The fourth-order valence-corrected chi connectivity index (χ4v) is 2.79. The van der Waals surface area contributed by atoms with Gasteiger partial charge in [-0.2, -0.15) is 12.6 Å². The van der Waals surface area contributed by atoms with E-state index in [1.54, 1.807) is 36.7 Å². The summed E-state index contributed by atoms with van der Waals surface area (Å²) in [6.07, 6.45) is 3.24. The molecule has 0 spiro atoms. The molecule has 0 saturated heterocycles. The van der Waals surface area contributed by atoms with Gasteiger partial charge in [-0.05, 0) is 47.2 Å². The lowest BCUT2D eigenvalue weighted by Gasteiger charge is -2.11. The van der Waals surface area contributed by atoms with Gasteiger partial charge >= 0.3 is 0 Å². The molecule has 0 fully saturated rings. The van der Waals surface area contributed by atoms with E-state index in [9.17, 15) is 4.39 Å². The van der Waals surface area contributed by atoms with E-state index in [-0.39, 0.29) is 12.4 Å². The molecule has 2 aromatic heterocycles. The second-order valence-electron chi connectivity index (χ2n) is 6.20. The van der Waals surface area contributed by atoms with Gasteiger partial charge in [0.1, 0.15) is 29.6 Å². The highest BCUT2D eigenvalue weighted by Crippen LogP contribution is 2.36. The maximum absolute atomic E-state index is 13.0. The Morgan fingerprint density at radius 1 is 1.00 bits per heavy atom. The van der Waals surface area contributed by atoms with Crippen molar-refractivity contribution in [2.75, 3.05) is 17.2 Å². The maximum Gasteiger partial charge on any atom is 0.143 e. The van der Waals surface area contributed by atoms with Crippen LogP contribution in [0.3, 0.4) is 0 Å². The van der Waals surface area contributed by atoms with Crippen LogP contribution in [0.25, 0.3) is 22.1 Å². The zero-order valence-electron chi connectivity index (χ0n) is 19.9. The number of furan rings is 1. The molecule has 33 heavy (non-hydrogen) atoms.